The number of hydrogen-bond donors (Lipinski definition) is 1. The van der Waals surface area contributed by atoms with Crippen LogP contribution in [0.25, 0.3) is 0 Å². The molecule has 2 rings (SSSR count). The zero-order valence-electron chi connectivity index (χ0n) is 9.35. The molecular formula is C11H16N2O2S. The minimum absolute atomic E-state index is 0.326. The highest BCUT2D eigenvalue weighted by atomic mass is 32.1. The van der Waals surface area contributed by atoms with Crippen molar-refractivity contribution in [2.75, 3.05) is 18.0 Å². The Labute approximate surface area is 98.9 Å². The van der Waals surface area contributed by atoms with E-state index in [2.05, 4.69) is 16.8 Å². The molecule has 88 valence electrons. The Bertz CT molecular complexity index is 374. The van der Waals surface area contributed by atoms with E-state index in [9.17, 15) is 4.79 Å². The van der Waals surface area contributed by atoms with Gasteiger partial charge in [0.25, 0.3) is 0 Å². The van der Waals surface area contributed by atoms with Gasteiger partial charge in [-0.1, -0.05) is 18.3 Å². The Balaban J connectivity index is 2.06. The molecule has 0 bridgehead atoms. The number of aromatic nitrogens is 1. The average molecular weight is 240 g/mol. The van der Waals surface area contributed by atoms with Crippen molar-refractivity contribution in [3.05, 3.63) is 11.1 Å². The molecule has 1 aliphatic carbocycles. The van der Waals surface area contributed by atoms with Crippen molar-refractivity contribution in [1.82, 2.24) is 4.98 Å². The lowest BCUT2D eigenvalue weighted by Gasteiger charge is -2.20. The summed E-state index contributed by atoms with van der Waals surface area (Å²) >= 11 is 1.27. The van der Waals surface area contributed by atoms with E-state index < -0.39 is 5.97 Å². The molecule has 0 spiro atoms. The summed E-state index contributed by atoms with van der Waals surface area (Å²) < 4.78 is 0. The Kier molecular flexibility index (Phi) is 3.43. The summed E-state index contributed by atoms with van der Waals surface area (Å²) in [5.74, 6) is -0.0876. The van der Waals surface area contributed by atoms with Gasteiger partial charge in [0.2, 0.25) is 0 Å². The SMILES string of the molecule is CCCN(CC1CC1)c1ncc(C(=O)O)s1. The first-order chi connectivity index (χ1) is 7.70. The number of hydrogen-bond acceptors (Lipinski definition) is 4. The van der Waals surface area contributed by atoms with Crippen LogP contribution in [-0.2, 0) is 0 Å². The summed E-state index contributed by atoms with van der Waals surface area (Å²) in [4.78, 5) is 17.5. The second-order valence-electron chi connectivity index (χ2n) is 4.20. The van der Waals surface area contributed by atoms with Gasteiger partial charge >= 0.3 is 5.97 Å². The molecule has 0 amide bonds. The van der Waals surface area contributed by atoms with Gasteiger partial charge in [-0.2, -0.15) is 0 Å². The molecule has 1 heterocycles. The molecule has 0 aromatic carbocycles. The largest absolute Gasteiger partial charge is 0.477 e. The van der Waals surface area contributed by atoms with E-state index in [-0.39, 0.29) is 0 Å². The molecule has 0 unspecified atom stereocenters. The van der Waals surface area contributed by atoms with E-state index >= 15 is 0 Å². The monoisotopic (exact) mass is 240 g/mol. The fraction of sp³-hybridized carbons (Fsp3) is 0.636. The van der Waals surface area contributed by atoms with E-state index in [1.54, 1.807) is 0 Å². The van der Waals surface area contributed by atoms with Crippen molar-refractivity contribution in [3.63, 3.8) is 0 Å². The van der Waals surface area contributed by atoms with Crippen LogP contribution in [-0.4, -0.2) is 29.1 Å². The van der Waals surface area contributed by atoms with Gasteiger partial charge in [-0.15, -0.1) is 0 Å². The Morgan fingerprint density at radius 3 is 2.94 bits per heavy atom. The van der Waals surface area contributed by atoms with Crippen LogP contribution in [0, 0.1) is 5.92 Å². The fourth-order valence-corrected chi connectivity index (χ4v) is 2.45. The summed E-state index contributed by atoms with van der Waals surface area (Å²) in [6, 6.07) is 0. The Morgan fingerprint density at radius 2 is 2.44 bits per heavy atom. The van der Waals surface area contributed by atoms with Crippen molar-refractivity contribution < 1.29 is 9.90 Å². The number of carboxylic acids is 1. The van der Waals surface area contributed by atoms with Crippen LogP contribution in [0.4, 0.5) is 5.13 Å². The maximum Gasteiger partial charge on any atom is 0.347 e. The molecule has 5 heteroatoms. The summed E-state index contributed by atoms with van der Waals surface area (Å²) in [6.07, 6.45) is 5.13. The summed E-state index contributed by atoms with van der Waals surface area (Å²) in [5.41, 5.74) is 0. The second-order valence-corrected chi connectivity index (χ2v) is 5.21. The van der Waals surface area contributed by atoms with Crippen LogP contribution in [0.2, 0.25) is 0 Å². The topological polar surface area (TPSA) is 53.4 Å². The van der Waals surface area contributed by atoms with E-state index in [1.807, 2.05) is 0 Å². The minimum atomic E-state index is -0.883. The summed E-state index contributed by atoms with van der Waals surface area (Å²) in [6.45, 7) is 4.12. The lowest BCUT2D eigenvalue weighted by Crippen LogP contribution is -2.26. The normalized spacial score (nSPS) is 15.1. The first kappa shape index (κ1) is 11.4. The molecule has 16 heavy (non-hydrogen) atoms. The van der Waals surface area contributed by atoms with Gasteiger partial charge < -0.3 is 10.0 Å². The molecule has 0 saturated heterocycles. The smallest absolute Gasteiger partial charge is 0.347 e. The third-order valence-electron chi connectivity index (χ3n) is 2.64. The van der Waals surface area contributed by atoms with Crippen LogP contribution in [0.15, 0.2) is 6.20 Å². The van der Waals surface area contributed by atoms with Crippen molar-refractivity contribution in [2.45, 2.75) is 26.2 Å². The maximum atomic E-state index is 10.8. The van der Waals surface area contributed by atoms with Crippen LogP contribution in [0.1, 0.15) is 35.9 Å². The summed E-state index contributed by atoms with van der Waals surface area (Å²) in [7, 11) is 0. The van der Waals surface area contributed by atoms with Crippen LogP contribution in [0.3, 0.4) is 0 Å². The van der Waals surface area contributed by atoms with Gasteiger partial charge in [0.1, 0.15) is 4.88 Å². The predicted octanol–water partition coefficient (Wildman–Crippen LogP) is 2.47. The first-order valence-electron chi connectivity index (χ1n) is 5.64. The molecular weight excluding hydrogens is 224 g/mol. The van der Waals surface area contributed by atoms with Crippen molar-refractivity contribution in [3.8, 4) is 0 Å². The highest BCUT2D eigenvalue weighted by Gasteiger charge is 2.25. The number of aromatic carboxylic acids is 1. The first-order valence-corrected chi connectivity index (χ1v) is 6.46. The van der Waals surface area contributed by atoms with Gasteiger partial charge in [0.15, 0.2) is 5.13 Å². The maximum absolute atomic E-state index is 10.8. The minimum Gasteiger partial charge on any atom is -0.477 e. The third kappa shape index (κ3) is 2.72. The van der Waals surface area contributed by atoms with Crippen LogP contribution < -0.4 is 4.90 Å². The number of carbonyl (C=O) groups is 1. The zero-order chi connectivity index (χ0) is 11.5. The van der Waals surface area contributed by atoms with Crippen molar-refractivity contribution in [2.24, 2.45) is 5.92 Å². The number of nitrogens with zero attached hydrogens (tertiary/aromatic N) is 2. The van der Waals surface area contributed by atoms with Gasteiger partial charge in [0, 0.05) is 13.1 Å². The molecule has 0 radical (unpaired) electrons. The molecule has 1 saturated carbocycles. The van der Waals surface area contributed by atoms with Crippen LogP contribution in [0.5, 0.6) is 0 Å². The van der Waals surface area contributed by atoms with Crippen LogP contribution >= 0.6 is 11.3 Å². The van der Waals surface area contributed by atoms with E-state index in [4.69, 9.17) is 5.11 Å². The zero-order valence-corrected chi connectivity index (χ0v) is 10.2. The molecule has 4 nitrogen and oxygen atoms in total. The molecule has 1 fully saturated rings. The predicted molar refractivity (Wildman–Crippen MR) is 64.3 cm³/mol. The quantitative estimate of drug-likeness (QED) is 0.830. The number of thiazole rings is 1. The molecule has 1 aromatic heterocycles. The van der Waals surface area contributed by atoms with E-state index in [0.717, 1.165) is 30.6 Å². The Hall–Kier alpha value is -1.10. The molecule has 1 aromatic rings. The lowest BCUT2D eigenvalue weighted by molar-refractivity contribution is 0.0702. The number of rotatable bonds is 6. The molecule has 1 aliphatic rings. The molecule has 0 atom stereocenters. The van der Waals surface area contributed by atoms with E-state index in [1.165, 1.54) is 30.4 Å². The van der Waals surface area contributed by atoms with Gasteiger partial charge in [-0.25, -0.2) is 9.78 Å². The standard InChI is InChI=1S/C11H16N2O2S/c1-2-5-13(7-8-3-4-8)11-12-6-9(16-11)10(14)15/h6,8H,2-5,7H2,1H3,(H,14,15). The van der Waals surface area contributed by atoms with Gasteiger partial charge in [-0.3, -0.25) is 0 Å². The van der Waals surface area contributed by atoms with Gasteiger partial charge in [0.05, 0.1) is 6.20 Å². The average Bonchev–Trinajstić information content (AvgIpc) is 2.92. The van der Waals surface area contributed by atoms with Crippen molar-refractivity contribution in [1.29, 1.82) is 0 Å². The number of carboxylic acid groups (broad SMARTS) is 1. The number of anilines is 1. The summed E-state index contributed by atoms with van der Waals surface area (Å²) in [5, 5.41) is 9.71. The third-order valence-corrected chi connectivity index (χ3v) is 3.69. The molecule has 1 N–H and O–H groups in total. The highest BCUT2D eigenvalue weighted by Crippen LogP contribution is 2.32. The van der Waals surface area contributed by atoms with E-state index in [0.29, 0.717) is 4.88 Å². The fourth-order valence-electron chi connectivity index (χ4n) is 1.66. The highest BCUT2D eigenvalue weighted by molar-refractivity contribution is 7.17. The molecule has 0 aliphatic heterocycles. The second kappa shape index (κ2) is 4.82. The lowest BCUT2D eigenvalue weighted by atomic mass is 10.3. The van der Waals surface area contributed by atoms with Gasteiger partial charge in [-0.05, 0) is 25.2 Å². The Morgan fingerprint density at radius 1 is 1.69 bits per heavy atom. The van der Waals surface area contributed by atoms with Crippen molar-refractivity contribution >= 4 is 22.4 Å².